The van der Waals surface area contributed by atoms with Crippen molar-refractivity contribution in [3.63, 3.8) is 0 Å². The van der Waals surface area contributed by atoms with E-state index in [0.29, 0.717) is 40.5 Å². The molecule has 5 heteroatoms. The molecule has 3 rings (SSSR count). The highest BCUT2D eigenvalue weighted by molar-refractivity contribution is 6.13. The summed E-state index contributed by atoms with van der Waals surface area (Å²) >= 11 is 0. The fourth-order valence-corrected chi connectivity index (χ4v) is 3.23. The van der Waals surface area contributed by atoms with Crippen LogP contribution in [0.1, 0.15) is 27.0 Å². The summed E-state index contributed by atoms with van der Waals surface area (Å²) in [5.74, 6) is 1.90. The molecule has 0 spiro atoms. The summed E-state index contributed by atoms with van der Waals surface area (Å²) < 4.78 is 21.8. The van der Waals surface area contributed by atoms with Crippen molar-refractivity contribution in [2.24, 2.45) is 0 Å². The van der Waals surface area contributed by atoms with E-state index in [4.69, 9.17) is 18.9 Å². The van der Waals surface area contributed by atoms with E-state index in [1.54, 1.807) is 45.6 Å². The quantitative estimate of drug-likeness (QED) is 0.527. The summed E-state index contributed by atoms with van der Waals surface area (Å²) in [6.45, 7) is 0. The highest BCUT2D eigenvalue weighted by atomic mass is 16.5. The highest BCUT2D eigenvalue weighted by Crippen LogP contribution is 2.34. The van der Waals surface area contributed by atoms with Crippen LogP contribution in [-0.4, -0.2) is 34.2 Å². The van der Waals surface area contributed by atoms with E-state index in [1.165, 1.54) is 7.11 Å². The van der Waals surface area contributed by atoms with Gasteiger partial charge in [0.25, 0.3) is 0 Å². The number of carbonyl (C=O) groups is 1. The lowest BCUT2D eigenvalue weighted by Crippen LogP contribution is -2.08. The summed E-state index contributed by atoms with van der Waals surface area (Å²) in [5.41, 5.74) is 2.86. The van der Waals surface area contributed by atoms with Gasteiger partial charge in [-0.15, -0.1) is 0 Å². The molecule has 0 saturated carbocycles. The van der Waals surface area contributed by atoms with Gasteiger partial charge in [-0.25, -0.2) is 0 Å². The molecule has 0 aliphatic carbocycles. The zero-order chi connectivity index (χ0) is 20.8. The van der Waals surface area contributed by atoms with Crippen molar-refractivity contribution in [3.8, 4) is 23.0 Å². The van der Waals surface area contributed by atoms with E-state index in [9.17, 15) is 4.79 Å². The molecule has 0 aliphatic heterocycles. The fraction of sp³-hybridized carbons (Fsp3) is 0.208. The molecule has 3 aromatic carbocycles. The number of hydrogen-bond donors (Lipinski definition) is 0. The zero-order valence-corrected chi connectivity index (χ0v) is 17.0. The molecule has 5 nitrogen and oxygen atoms in total. The van der Waals surface area contributed by atoms with Crippen LogP contribution >= 0.6 is 0 Å². The lowest BCUT2D eigenvalue weighted by Gasteiger charge is -2.16. The number of carbonyl (C=O) groups excluding carboxylic acids is 1. The third kappa shape index (κ3) is 4.35. The lowest BCUT2D eigenvalue weighted by atomic mass is 9.96. The average molecular weight is 392 g/mol. The highest BCUT2D eigenvalue weighted by Gasteiger charge is 2.22. The second-order valence-electron chi connectivity index (χ2n) is 6.42. The maximum Gasteiger partial charge on any atom is 0.200 e. The minimum Gasteiger partial charge on any atom is -0.497 e. The molecule has 0 unspecified atom stereocenters. The van der Waals surface area contributed by atoms with E-state index in [0.717, 1.165) is 11.1 Å². The maximum atomic E-state index is 13.3. The Morgan fingerprint density at radius 3 is 1.97 bits per heavy atom. The van der Waals surface area contributed by atoms with Crippen molar-refractivity contribution < 1.29 is 23.7 Å². The van der Waals surface area contributed by atoms with E-state index in [1.807, 2.05) is 36.4 Å². The molecule has 0 N–H and O–H groups in total. The first-order valence-electron chi connectivity index (χ1n) is 9.16. The molecule has 150 valence electrons. The van der Waals surface area contributed by atoms with Crippen molar-refractivity contribution >= 4 is 5.78 Å². The summed E-state index contributed by atoms with van der Waals surface area (Å²) in [6.07, 6.45) is 0.664. The SMILES string of the molecule is COc1ccc(OC)c(C(=O)c2cc(OC)c(Cc3ccccc3)cc2OC)c1. The lowest BCUT2D eigenvalue weighted by molar-refractivity contribution is 0.103. The number of ketones is 1. The molecule has 29 heavy (non-hydrogen) atoms. The molecular weight excluding hydrogens is 368 g/mol. The Balaban J connectivity index is 2.07. The van der Waals surface area contributed by atoms with Gasteiger partial charge in [-0.1, -0.05) is 30.3 Å². The third-order valence-corrected chi connectivity index (χ3v) is 4.74. The number of methoxy groups -OCH3 is 4. The van der Waals surface area contributed by atoms with Gasteiger partial charge in [-0.3, -0.25) is 4.79 Å². The molecule has 0 radical (unpaired) electrons. The molecular formula is C24H24O5. The van der Waals surface area contributed by atoms with Crippen LogP contribution in [0.15, 0.2) is 60.7 Å². The molecule has 0 atom stereocenters. The van der Waals surface area contributed by atoms with E-state index in [2.05, 4.69) is 0 Å². The first-order chi connectivity index (χ1) is 14.1. The summed E-state index contributed by atoms with van der Waals surface area (Å²) in [4.78, 5) is 13.3. The van der Waals surface area contributed by atoms with Crippen LogP contribution < -0.4 is 18.9 Å². The maximum absolute atomic E-state index is 13.3. The van der Waals surface area contributed by atoms with E-state index >= 15 is 0 Å². The standard InChI is InChI=1S/C24H24O5/c1-26-18-10-11-21(27-2)19(14-18)24(25)20-15-22(28-3)17(13-23(20)29-4)12-16-8-6-5-7-9-16/h5-11,13-15H,12H2,1-4H3. The molecule has 0 fully saturated rings. The predicted octanol–water partition coefficient (Wildman–Crippen LogP) is 4.54. The Morgan fingerprint density at radius 1 is 0.690 bits per heavy atom. The molecule has 0 amide bonds. The normalized spacial score (nSPS) is 10.3. The third-order valence-electron chi connectivity index (χ3n) is 4.74. The van der Waals surface area contributed by atoms with E-state index < -0.39 is 0 Å². The van der Waals surface area contributed by atoms with Gasteiger partial charge in [0, 0.05) is 12.0 Å². The molecule has 0 aromatic heterocycles. The molecule has 0 saturated heterocycles. The molecule has 0 bridgehead atoms. The minimum absolute atomic E-state index is 0.234. The number of hydrogen-bond acceptors (Lipinski definition) is 5. The van der Waals surface area contributed by atoms with Crippen molar-refractivity contribution in [2.75, 3.05) is 28.4 Å². The van der Waals surface area contributed by atoms with Gasteiger partial charge < -0.3 is 18.9 Å². The van der Waals surface area contributed by atoms with Gasteiger partial charge in [0.2, 0.25) is 5.78 Å². The summed E-state index contributed by atoms with van der Waals surface area (Å²) in [5, 5.41) is 0. The Morgan fingerprint density at radius 2 is 1.34 bits per heavy atom. The van der Waals surface area contributed by atoms with Crippen LogP contribution in [0.25, 0.3) is 0 Å². The van der Waals surface area contributed by atoms with Crippen molar-refractivity contribution in [3.05, 3.63) is 82.9 Å². The van der Waals surface area contributed by atoms with Crippen LogP contribution in [-0.2, 0) is 6.42 Å². The summed E-state index contributed by atoms with van der Waals surface area (Å²) in [6, 6.07) is 18.7. The topological polar surface area (TPSA) is 54.0 Å². The Hall–Kier alpha value is -3.47. The first-order valence-corrected chi connectivity index (χ1v) is 9.16. The van der Waals surface area contributed by atoms with Crippen molar-refractivity contribution in [1.82, 2.24) is 0 Å². The number of ether oxygens (including phenoxy) is 4. The van der Waals surface area contributed by atoms with Gasteiger partial charge in [0.1, 0.15) is 23.0 Å². The second kappa shape index (κ2) is 9.15. The predicted molar refractivity (Wildman–Crippen MR) is 112 cm³/mol. The van der Waals surface area contributed by atoms with Crippen LogP contribution in [0.5, 0.6) is 23.0 Å². The van der Waals surface area contributed by atoms with Crippen molar-refractivity contribution in [2.45, 2.75) is 6.42 Å². The van der Waals surface area contributed by atoms with Crippen LogP contribution in [0.2, 0.25) is 0 Å². The first kappa shape index (κ1) is 20.3. The second-order valence-corrected chi connectivity index (χ2v) is 6.42. The zero-order valence-electron chi connectivity index (χ0n) is 17.0. The largest absolute Gasteiger partial charge is 0.497 e. The Bertz CT molecular complexity index is 996. The Kier molecular flexibility index (Phi) is 6.39. The molecule has 0 aliphatic rings. The van der Waals surface area contributed by atoms with Gasteiger partial charge in [0.05, 0.1) is 39.6 Å². The number of rotatable bonds is 8. The smallest absolute Gasteiger partial charge is 0.200 e. The minimum atomic E-state index is -0.234. The molecule has 0 heterocycles. The molecule has 3 aromatic rings. The number of benzene rings is 3. The average Bonchev–Trinajstić information content (AvgIpc) is 2.78. The fourth-order valence-electron chi connectivity index (χ4n) is 3.23. The van der Waals surface area contributed by atoms with Gasteiger partial charge in [-0.2, -0.15) is 0 Å². The van der Waals surface area contributed by atoms with Gasteiger partial charge in [-0.05, 0) is 35.9 Å². The van der Waals surface area contributed by atoms with E-state index in [-0.39, 0.29) is 5.78 Å². The van der Waals surface area contributed by atoms with Crippen LogP contribution in [0, 0.1) is 0 Å². The van der Waals surface area contributed by atoms with Gasteiger partial charge >= 0.3 is 0 Å². The summed E-state index contributed by atoms with van der Waals surface area (Å²) in [7, 11) is 6.22. The monoisotopic (exact) mass is 392 g/mol. The van der Waals surface area contributed by atoms with Crippen molar-refractivity contribution in [1.29, 1.82) is 0 Å². The van der Waals surface area contributed by atoms with Crippen LogP contribution in [0.3, 0.4) is 0 Å². The van der Waals surface area contributed by atoms with Gasteiger partial charge in [0.15, 0.2) is 0 Å². The van der Waals surface area contributed by atoms with Crippen LogP contribution in [0.4, 0.5) is 0 Å². The Labute approximate surface area is 170 Å².